The molecular formula is C22H20O2. The van der Waals surface area contributed by atoms with Gasteiger partial charge in [-0.2, -0.15) is 0 Å². The fourth-order valence-electron chi connectivity index (χ4n) is 2.54. The number of benzene rings is 3. The molecule has 0 saturated heterocycles. The molecule has 3 aromatic rings. The van der Waals surface area contributed by atoms with Crippen molar-refractivity contribution in [2.24, 2.45) is 0 Å². The van der Waals surface area contributed by atoms with E-state index in [1.807, 2.05) is 60.7 Å². The van der Waals surface area contributed by atoms with Crippen LogP contribution >= 0.6 is 0 Å². The number of para-hydroxylation sites is 1. The third-order valence-corrected chi connectivity index (χ3v) is 3.94. The Morgan fingerprint density at radius 3 is 2.08 bits per heavy atom. The fraction of sp³-hybridized carbons (Fsp3) is 0.136. The lowest BCUT2D eigenvalue weighted by Gasteiger charge is -2.12. The van der Waals surface area contributed by atoms with Crippen LogP contribution in [0.1, 0.15) is 41.3 Å². The first-order valence-corrected chi connectivity index (χ1v) is 8.12. The molecule has 2 nitrogen and oxygen atoms in total. The second-order valence-electron chi connectivity index (χ2n) is 6.02. The first-order chi connectivity index (χ1) is 11.6. The first-order valence-electron chi connectivity index (χ1n) is 8.12. The minimum Gasteiger partial charge on any atom is -0.457 e. The minimum absolute atomic E-state index is 0.0370. The van der Waals surface area contributed by atoms with Crippen LogP contribution < -0.4 is 4.74 Å². The number of ether oxygens (including phenoxy) is 1. The molecule has 0 unspecified atom stereocenters. The van der Waals surface area contributed by atoms with Gasteiger partial charge in [0, 0.05) is 5.56 Å². The van der Waals surface area contributed by atoms with Crippen molar-refractivity contribution < 1.29 is 9.53 Å². The van der Waals surface area contributed by atoms with Crippen LogP contribution in [0.4, 0.5) is 0 Å². The summed E-state index contributed by atoms with van der Waals surface area (Å²) in [5.41, 5.74) is 2.48. The Bertz CT molecular complexity index is 818. The SMILES string of the molecule is CC(C)c1ccc(Oc2ccccc2C(=O)c2ccccc2)cc1. The normalized spacial score (nSPS) is 10.6. The van der Waals surface area contributed by atoms with Gasteiger partial charge in [0.15, 0.2) is 5.78 Å². The highest BCUT2D eigenvalue weighted by molar-refractivity contribution is 6.10. The summed E-state index contributed by atoms with van der Waals surface area (Å²) in [5, 5.41) is 0. The molecule has 0 aliphatic heterocycles. The summed E-state index contributed by atoms with van der Waals surface area (Å²) in [5.74, 6) is 1.74. The fourth-order valence-corrected chi connectivity index (χ4v) is 2.54. The van der Waals surface area contributed by atoms with Gasteiger partial charge >= 0.3 is 0 Å². The monoisotopic (exact) mass is 316 g/mol. The molecule has 0 bridgehead atoms. The highest BCUT2D eigenvalue weighted by Crippen LogP contribution is 2.28. The van der Waals surface area contributed by atoms with Gasteiger partial charge in [-0.15, -0.1) is 0 Å². The maximum Gasteiger partial charge on any atom is 0.196 e. The van der Waals surface area contributed by atoms with Gasteiger partial charge in [-0.3, -0.25) is 4.79 Å². The van der Waals surface area contributed by atoms with Crippen molar-refractivity contribution in [1.82, 2.24) is 0 Å². The van der Waals surface area contributed by atoms with Gasteiger partial charge in [0.2, 0.25) is 0 Å². The molecule has 3 rings (SSSR count). The van der Waals surface area contributed by atoms with E-state index in [9.17, 15) is 4.79 Å². The Kier molecular flexibility index (Phi) is 4.76. The summed E-state index contributed by atoms with van der Waals surface area (Å²) in [6.45, 7) is 4.31. The zero-order valence-electron chi connectivity index (χ0n) is 13.9. The van der Waals surface area contributed by atoms with Gasteiger partial charge < -0.3 is 4.74 Å². The topological polar surface area (TPSA) is 26.3 Å². The van der Waals surface area contributed by atoms with Gasteiger partial charge in [-0.05, 0) is 35.7 Å². The van der Waals surface area contributed by atoms with Crippen molar-refractivity contribution in [2.75, 3.05) is 0 Å². The number of hydrogen-bond acceptors (Lipinski definition) is 2. The van der Waals surface area contributed by atoms with Crippen molar-refractivity contribution in [2.45, 2.75) is 19.8 Å². The lowest BCUT2D eigenvalue weighted by Crippen LogP contribution is -2.03. The van der Waals surface area contributed by atoms with Crippen LogP contribution in [0.5, 0.6) is 11.5 Å². The van der Waals surface area contributed by atoms with Crippen LogP contribution in [0.15, 0.2) is 78.9 Å². The molecule has 0 aliphatic rings. The highest BCUT2D eigenvalue weighted by atomic mass is 16.5. The van der Waals surface area contributed by atoms with E-state index in [2.05, 4.69) is 26.0 Å². The van der Waals surface area contributed by atoms with Gasteiger partial charge in [0.1, 0.15) is 11.5 Å². The van der Waals surface area contributed by atoms with Crippen LogP contribution in [0, 0.1) is 0 Å². The molecule has 24 heavy (non-hydrogen) atoms. The highest BCUT2D eigenvalue weighted by Gasteiger charge is 2.14. The van der Waals surface area contributed by atoms with Crippen LogP contribution in [0.3, 0.4) is 0 Å². The minimum atomic E-state index is -0.0370. The molecule has 0 aromatic heterocycles. The van der Waals surface area contributed by atoms with Crippen LogP contribution in [0.2, 0.25) is 0 Å². The lowest BCUT2D eigenvalue weighted by molar-refractivity contribution is 0.103. The molecule has 0 radical (unpaired) electrons. The van der Waals surface area contributed by atoms with Crippen LogP contribution in [-0.2, 0) is 0 Å². The zero-order chi connectivity index (χ0) is 16.9. The molecule has 2 heteroatoms. The van der Waals surface area contributed by atoms with Gasteiger partial charge in [0.05, 0.1) is 5.56 Å². The van der Waals surface area contributed by atoms with Crippen molar-refractivity contribution in [3.8, 4) is 11.5 Å². The average molecular weight is 316 g/mol. The third kappa shape index (κ3) is 3.54. The summed E-state index contributed by atoms with van der Waals surface area (Å²) in [6, 6.07) is 24.6. The smallest absolute Gasteiger partial charge is 0.196 e. The van der Waals surface area contributed by atoms with Crippen molar-refractivity contribution in [1.29, 1.82) is 0 Å². The van der Waals surface area contributed by atoms with Crippen LogP contribution in [0.25, 0.3) is 0 Å². The predicted octanol–water partition coefficient (Wildman–Crippen LogP) is 5.83. The molecule has 0 aliphatic carbocycles. The van der Waals surface area contributed by atoms with Gasteiger partial charge in [-0.1, -0.05) is 68.4 Å². The maximum absolute atomic E-state index is 12.7. The van der Waals surface area contributed by atoms with E-state index < -0.39 is 0 Å². The van der Waals surface area contributed by atoms with E-state index >= 15 is 0 Å². The standard InChI is InChI=1S/C22H20O2/c1-16(2)17-12-14-19(15-13-17)24-21-11-7-6-10-20(21)22(23)18-8-4-3-5-9-18/h3-16H,1-2H3. The largest absolute Gasteiger partial charge is 0.457 e. The van der Waals surface area contributed by atoms with E-state index in [4.69, 9.17) is 4.74 Å². The second kappa shape index (κ2) is 7.14. The molecule has 0 spiro atoms. The first kappa shape index (κ1) is 16.0. The molecule has 0 fully saturated rings. The lowest BCUT2D eigenvalue weighted by atomic mass is 10.0. The molecule has 0 atom stereocenters. The summed E-state index contributed by atoms with van der Waals surface area (Å²) in [7, 11) is 0. The van der Waals surface area contributed by atoms with E-state index in [0.717, 1.165) is 5.75 Å². The van der Waals surface area contributed by atoms with Crippen LogP contribution in [-0.4, -0.2) is 5.78 Å². The predicted molar refractivity (Wildman–Crippen MR) is 96.9 cm³/mol. The molecule has 0 saturated carbocycles. The molecule has 0 heterocycles. The zero-order valence-corrected chi connectivity index (χ0v) is 13.9. The number of carbonyl (C=O) groups is 1. The maximum atomic E-state index is 12.7. The number of rotatable bonds is 5. The quantitative estimate of drug-likeness (QED) is 0.553. The number of carbonyl (C=O) groups excluding carboxylic acids is 1. The summed E-state index contributed by atoms with van der Waals surface area (Å²) in [4.78, 5) is 12.7. The van der Waals surface area contributed by atoms with Gasteiger partial charge in [0.25, 0.3) is 0 Å². The molecule has 0 amide bonds. The van der Waals surface area contributed by atoms with Gasteiger partial charge in [-0.25, -0.2) is 0 Å². The molecular weight excluding hydrogens is 296 g/mol. The Morgan fingerprint density at radius 2 is 1.42 bits per heavy atom. The average Bonchev–Trinajstić information content (AvgIpc) is 2.63. The Balaban J connectivity index is 1.88. The van der Waals surface area contributed by atoms with Crippen molar-refractivity contribution >= 4 is 5.78 Å². The van der Waals surface area contributed by atoms with E-state index in [-0.39, 0.29) is 5.78 Å². The Hall–Kier alpha value is -2.87. The molecule has 120 valence electrons. The number of hydrogen-bond donors (Lipinski definition) is 0. The summed E-state index contributed by atoms with van der Waals surface area (Å²) >= 11 is 0. The number of ketones is 1. The third-order valence-electron chi connectivity index (χ3n) is 3.94. The second-order valence-corrected chi connectivity index (χ2v) is 6.02. The molecule has 0 N–H and O–H groups in total. The van der Waals surface area contributed by atoms with E-state index in [1.165, 1.54) is 5.56 Å². The van der Waals surface area contributed by atoms with Crippen molar-refractivity contribution in [3.05, 3.63) is 95.6 Å². The Labute approximate surface area is 142 Å². The molecule has 3 aromatic carbocycles. The van der Waals surface area contributed by atoms with E-state index in [0.29, 0.717) is 22.8 Å². The summed E-state index contributed by atoms with van der Waals surface area (Å²) in [6.07, 6.45) is 0. The summed E-state index contributed by atoms with van der Waals surface area (Å²) < 4.78 is 5.97. The Morgan fingerprint density at radius 1 is 0.792 bits per heavy atom. The van der Waals surface area contributed by atoms with E-state index in [1.54, 1.807) is 6.07 Å². The van der Waals surface area contributed by atoms with Crippen molar-refractivity contribution in [3.63, 3.8) is 0 Å².